The van der Waals surface area contributed by atoms with E-state index in [1.165, 1.54) is 5.56 Å². The summed E-state index contributed by atoms with van der Waals surface area (Å²) in [5.74, 6) is 0.0742. The van der Waals surface area contributed by atoms with Crippen molar-refractivity contribution in [3.8, 4) is 0 Å². The van der Waals surface area contributed by atoms with Gasteiger partial charge in [0.25, 0.3) is 0 Å². The number of hydrogen-bond acceptors (Lipinski definition) is 3. The van der Waals surface area contributed by atoms with Crippen LogP contribution < -0.4 is 5.73 Å². The Bertz CT molecular complexity index is 516. The van der Waals surface area contributed by atoms with Gasteiger partial charge >= 0.3 is 0 Å². The van der Waals surface area contributed by atoms with Gasteiger partial charge < -0.3 is 5.73 Å². The predicted molar refractivity (Wildman–Crippen MR) is 83.4 cm³/mol. The second kappa shape index (κ2) is 6.72. The Morgan fingerprint density at radius 1 is 1.20 bits per heavy atom. The maximum Gasteiger partial charge on any atom is 0.155 e. The predicted octanol–water partition coefficient (Wildman–Crippen LogP) is 3.00. The van der Waals surface area contributed by atoms with Crippen molar-refractivity contribution in [1.29, 1.82) is 0 Å². The molecule has 0 aliphatic heterocycles. The molecular weight excluding hydrogens is 270 g/mol. The molecule has 0 heterocycles. The molecule has 2 N–H and O–H groups in total. The molecule has 0 saturated heterocycles. The zero-order valence-electron chi connectivity index (χ0n) is 12.2. The molecule has 20 heavy (non-hydrogen) atoms. The smallest absolute Gasteiger partial charge is 0.155 e. The number of rotatable bonds is 6. The zero-order chi connectivity index (χ0) is 14.6. The van der Waals surface area contributed by atoms with Crippen LogP contribution in [0.4, 0.5) is 0 Å². The van der Waals surface area contributed by atoms with Gasteiger partial charge in [0, 0.05) is 6.04 Å². The van der Waals surface area contributed by atoms with E-state index in [0.717, 1.165) is 44.1 Å². The van der Waals surface area contributed by atoms with Crippen molar-refractivity contribution in [1.82, 2.24) is 0 Å². The van der Waals surface area contributed by atoms with Gasteiger partial charge in [-0.3, -0.25) is 0 Å². The van der Waals surface area contributed by atoms with Crippen LogP contribution in [0.5, 0.6) is 0 Å². The van der Waals surface area contributed by atoms with E-state index >= 15 is 0 Å². The maximum absolute atomic E-state index is 12.3. The Balaban J connectivity index is 2.01. The molecule has 0 amide bonds. The lowest BCUT2D eigenvalue weighted by molar-refractivity contribution is 0.572. The Morgan fingerprint density at radius 3 is 2.35 bits per heavy atom. The molecule has 0 spiro atoms. The third-order valence-corrected chi connectivity index (χ3v) is 6.48. The summed E-state index contributed by atoms with van der Waals surface area (Å²) in [5, 5.41) is -0.159. The van der Waals surface area contributed by atoms with E-state index in [0.29, 0.717) is 0 Å². The van der Waals surface area contributed by atoms with Crippen molar-refractivity contribution in [2.24, 2.45) is 5.73 Å². The quantitative estimate of drug-likeness (QED) is 0.877. The van der Waals surface area contributed by atoms with Crippen LogP contribution in [0.1, 0.15) is 56.2 Å². The zero-order valence-corrected chi connectivity index (χ0v) is 13.0. The third kappa shape index (κ3) is 3.83. The second-order valence-corrected chi connectivity index (χ2v) is 8.16. The Labute approximate surface area is 122 Å². The molecule has 4 heteroatoms. The first kappa shape index (κ1) is 15.5. The Kier molecular flexibility index (Phi) is 5.22. The SMILES string of the molecule is CCCc1ccc(C(N)CS(=O)(=O)C2CCCC2)cc1. The first-order chi connectivity index (χ1) is 9.53. The highest BCUT2D eigenvalue weighted by atomic mass is 32.2. The molecule has 1 saturated carbocycles. The number of nitrogens with two attached hydrogens (primary N) is 1. The van der Waals surface area contributed by atoms with Gasteiger partial charge in [-0.15, -0.1) is 0 Å². The number of hydrogen-bond donors (Lipinski definition) is 1. The first-order valence-electron chi connectivity index (χ1n) is 7.59. The molecule has 1 fully saturated rings. The van der Waals surface area contributed by atoms with E-state index in [9.17, 15) is 8.42 Å². The molecule has 1 aliphatic rings. The minimum Gasteiger partial charge on any atom is -0.323 e. The van der Waals surface area contributed by atoms with Gasteiger partial charge in [0.15, 0.2) is 9.84 Å². The van der Waals surface area contributed by atoms with Gasteiger partial charge in [-0.25, -0.2) is 8.42 Å². The van der Waals surface area contributed by atoms with Crippen LogP contribution in [0.15, 0.2) is 24.3 Å². The lowest BCUT2D eigenvalue weighted by atomic mass is 10.0. The van der Waals surface area contributed by atoms with Crippen molar-refractivity contribution in [3.63, 3.8) is 0 Å². The molecule has 0 radical (unpaired) electrons. The summed E-state index contributed by atoms with van der Waals surface area (Å²) in [7, 11) is -3.05. The number of benzene rings is 1. The first-order valence-corrected chi connectivity index (χ1v) is 9.30. The largest absolute Gasteiger partial charge is 0.323 e. The highest BCUT2D eigenvalue weighted by Crippen LogP contribution is 2.27. The molecule has 0 aromatic heterocycles. The van der Waals surface area contributed by atoms with Crippen LogP contribution in [0.25, 0.3) is 0 Å². The van der Waals surface area contributed by atoms with E-state index in [2.05, 4.69) is 19.1 Å². The minimum atomic E-state index is -3.05. The summed E-state index contributed by atoms with van der Waals surface area (Å²) in [6.07, 6.45) is 5.85. The van der Waals surface area contributed by atoms with Gasteiger partial charge in [0.05, 0.1) is 11.0 Å². The molecule has 1 aromatic carbocycles. The lowest BCUT2D eigenvalue weighted by Gasteiger charge is -2.16. The normalized spacial score (nSPS) is 18.3. The molecule has 1 unspecified atom stereocenters. The van der Waals surface area contributed by atoms with E-state index in [1.807, 2.05) is 12.1 Å². The van der Waals surface area contributed by atoms with Crippen LogP contribution in [0, 0.1) is 0 Å². The van der Waals surface area contributed by atoms with Crippen molar-refractivity contribution in [2.75, 3.05) is 5.75 Å². The van der Waals surface area contributed by atoms with E-state index in [4.69, 9.17) is 5.73 Å². The van der Waals surface area contributed by atoms with Crippen molar-refractivity contribution in [3.05, 3.63) is 35.4 Å². The second-order valence-electron chi connectivity index (χ2n) is 5.83. The summed E-state index contributed by atoms with van der Waals surface area (Å²) >= 11 is 0. The molecule has 1 atom stereocenters. The van der Waals surface area contributed by atoms with Crippen LogP contribution in [0.2, 0.25) is 0 Å². The summed E-state index contributed by atoms with van der Waals surface area (Å²) in [6.45, 7) is 2.15. The number of sulfone groups is 1. The van der Waals surface area contributed by atoms with Crippen LogP contribution >= 0.6 is 0 Å². The molecule has 0 bridgehead atoms. The van der Waals surface area contributed by atoms with Crippen LogP contribution in [-0.4, -0.2) is 19.4 Å². The monoisotopic (exact) mass is 295 g/mol. The number of aryl methyl sites for hydroxylation is 1. The Hall–Kier alpha value is -0.870. The van der Waals surface area contributed by atoms with Gasteiger partial charge in [-0.05, 0) is 30.4 Å². The molecule has 1 aliphatic carbocycles. The van der Waals surface area contributed by atoms with Crippen molar-refractivity contribution < 1.29 is 8.42 Å². The van der Waals surface area contributed by atoms with Gasteiger partial charge in [-0.2, -0.15) is 0 Å². The van der Waals surface area contributed by atoms with Gasteiger partial charge in [0.2, 0.25) is 0 Å². The van der Waals surface area contributed by atoms with Crippen molar-refractivity contribution >= 4 is 9.84 Å². The fourth-order valence-corrected chi connectivity index (χ4v) is 4.97. The van der Waals surface area contributed by atoms with Crippen molar-refractivity contribution in [2.45, 2.75) is 56.7 Å². The molecule has 112 valence electrons. The van der Waals surface area contributed by atoms with E-state index in [-0.39, 0.29) is 11.0 Å². The molecular formula is C16H25NO2S. The average Bonchev–Trinajstić information content (AvgIpc) is 2.94. The van der Waals surface area contributed by atoms with Gasteiger partial charge in [-0.1, -0.05) is 50.5 Å². The highest BCUT2D eigenvalue weighted by molar-refractivity contribution is 7.92. The fraction of sp³-hybridized carbons (Fsp3) is 0.625. The molecule has 2 rings (SSSR count). The van der Waals surface area contributed by atoms with Crippen LogP contribution in [0.3, 0.4) is 0 Å². The topological polar surface area (TPSA) is 60.2 Å². The highest BCUT2D eigenvalue weighted by Gasteiger charge is 2.30. The molecule has 1 aromatic rings. The third-order valence-electron chi connectivity index (χ3n) is 4.17. The average molecular weight is 295 g/mol. The van der Waals surface area contributed by atoms with E-state index < -0.39 is 15.9 Å². The summed E-state index contributed by atoms with van der Waals surface area (Å²) in [5.41, 5.74) is 8.30. The standard InChI is InChI=1S/C16H25NO2S/c1-2-5-13-8-10-14(11-9-13)16(17)12-20(18,19)15-6-3-4-7-15/h8-11,15-16H,2-7,12,17H2,1H3. The van der Waals surface area contributed by atoms with Crippen LogP contribution in [-0.2, 0) is 16.3 Å². The van der Waals surface area contributed by atoms with Gasteiger partial charge in [0.1, 0.15) is 0 Å². The van der Waals surface area contributed by atoms with E-state index in [1.54, 1.807) is 0 Å². The molecule has 3 nitrogen and oxygen atoms in total. The summed E-state index contributed by atoms with van der Waals surface area (Å²) < 4.78 is 24.6. The summed E-state index contributed by atoms with van der Waals surface area (Å²) in [4.78, 5) is 0. The summed E-state index contributed by atoms with van der Waals surface area (Å²) in [6, 6.07) is 7.65. The minimum absolute atomic E-state index is 0.0742. The lowest BCUT2D eigenvalue weighted by Crippen LogP contribution is -2.28. The maximum atomic E-state index is 12.3. The fourth-order valence-electron chi connectivity index (χ4n) is 2.95. The Morgan fingerprint density at radius 2 is 1.80 bits per heavy atom.